The molecular formula is C9H7BrClF2NO2. The van der Waals surface area contributed by atoms with Crippen molar-refractivity contribution >= 4 is 33.5 Å². The second kappa shape index (κ2) is 5.54. The second-order valence-electron chi connectivity index (χ2n) is 2.84. The Morgan fingerprint density at radius 2 is 2.31 bits per heavy atom. The SMILES string of the molecule is COC(=O)Cc1c(Cl)ncc(Br)c1C(F)F. The van der Waals surface area contributed by atoms with E-state index in [1.165, 1.54) is 13.3 Å². The van der Waals surface area contributed by atoms with E-state index < -0.39 is 12.4 Å². The van der Waals surface area contributed by atoms with Crippen LogP contribution in [0.25, 0.3) is 0 Å². The van der Waals surface area contributed by atoms with Crippen LogP contribution in [0.3, 0.4) is 0 Å². The first-order chi connectivity index (χ1) is 7.47. The first kappa shape index (κ1) is 13.3. The number of carbonyl (C=O) groups excluding carboxylic acids is 1. The number of halogens is 4. The molecule has 0 spiro atoms. The van der Waals surface area contributed by atoms with Crippen LogP contribution in [0.15, 0.2) is 10.7 Å². The van der Waals surface area contributed by atoms with Crippen LogP contribution >= 0.6 is 27.5 Å². The maximum absolute atomic E-state index is 12.8. The van der Waals surface area contributed by atoms with Crippen molar-refractivity contribution < 1.29 is 18.3 Å². The van der Waals surface area contributed by atoms with Crippen molar-refractivity contribution in [1.82, 2.24) is 4.98 Å². The summed E-state index contributed by atoms with van der Waals surface area (Å²) in [6.07, 6.45) is -1.90. The second-order valence-corrected chi connectivity index (χ2v) is 4.06. The van der Waals surface area contributed by atoms with Gasteiger partial charge in [0, 0.05) is 21.8 Å². The molecule has 0 aliphatic carbocycles. The predicted molar refractivity (Wildman–Crippen MR) is 57.6 cm³/mol. The molecule has 0 atom stereocenters. The minimum Gasteiger partial charge on any atom is -0.469 e. The zero-order valence-corrected chi connectivity index (χ0v) is 10.5. The van der Waals surface area contributed by atoms with Crippen LogP contribution in [0.4, 0.5) is 8.78 Å². The van der Waals surface area contributed by atoms with Gasteiger partial charge in [-0.3, -0.25) is 4.79 Å². The van der Waals surface area contributed by atoms with Crippen LogP contribution in [-0.4, -0.2) is 18.1 Å². The van der Waals surface area contributed by atoms with Crippen molar-refractivity contribution in [1.29, 1.82) is 0 Å². The van der Waals surface area contributed by atoms with E-state index in [9.17, 15) is 13.6 Å². The highest BCUT2D eigenvalue weighted by molar-refractivity contribution is 9.10. The summed E-state index contributed by atoms with van der Waals surface area (Å²) < 4.78 is 30.0. The quantitative estimate of drug-likeness (QED) is 0.635. The van der Waals surface area contributed by atoms with E-state index in [0.29, 0.717) is 0 Å². The average molecular weight is 315 g/mol. The Kier molecular flexibility index (Phi) is 4.61. The highest BCUT2D eigenvalue weighted by Crippen LogP contribution is 2.33. The van der Waals surface area contributed by atoms with E-state index >= 15 is 0 Å². The lowest BCUT2D eigenvalue weighted by molar-refractivity contribution is -0.139. The van der Waals surface area contributed by atoms with Gasteiger partial charge in [-0.2, -0.15) is 0 Å². The zero-order valence-electron chi connectivity index (χ0n) is 8.14. The van der Waals surface area contributed by atoms with Crippen molar-refractivity contribution in [3.63, 3.8) is 0 Å². The molecule has 0 aromatic carbocycles. The molecule has 7 heteroatoms. The molecule has 0 amide bonds. The van der Waals surface area contributed by atoms with E-state index in [1.54, 1.807) is 0 Å². The van der Waals surface area contributed by atoms with Gasteiger partial charge in [0.15, 0.2) is 0 Å². The van der Waals surface area contributed by atoms with Gasteiger partial charge in [-0.15, -0.1) is 0 Å². The third-order valence-electron chi connectivity index (χ3n) is 1.89. The Labute approximate surface area is 104 Å². The molecule has 1 aromatic rings. The van der Waals surface area contributed by atoms with Crippen LogP contribution in [0, 0.1) is 0 Å². The summed E-state index contributed by atoms with van der Waals surface area (Å²) in [5, 5.41) is -0.121. The van der Waals surface area contributed by atoms with Gasteiger partial charge in [0.05, 0.1) is 13.5 Å². The van der Waals surface area contributed by atoms with Crippen LogP contribution in [0.5, 0.6) is 0 Å². The minimum atomic E-state index is -2.74. The molecule has 0 aliphatic rings. The first-order valence-electron chi connectivity index (χ1n) is 4.15. The van der Waals surface area contributed by atoms with Gasteiger partial charge in [-0.1, -0.05) is 11.6 Å². The van der Waals surface area contributed by atoms with E-state index in [2.05, 4.69) is 25.7 Å². The molecular weight excluding hydrogens is 307 g/mol. The van der Waals surface area contributed by atoms with Gasteiger partial charge in [-0.05, 0) is 15.9 Å². The highest BCUT2D eigenvalue weighted by atomic mass is 79.9. The molecule has 0 saturated carbocycles. The first-order valence-corrected chi connectivity index (χ1v) is 5.32. The average Bonchev–Trinajstić information content (AvgIpc) is 2.22. The van der Waals surface area contributed by atoms with Crippen LogP contribution in [0.2, 0.25) is 5.15 Å². The Hall–Kier alpha value is -0.750. The zero-order chi connectivity index (χ0) is 12.3. The predicted octanol–water partition coefficient (Wildman–Crippen LogP) is 3.15. The summed E-state index contributed by atoms with van der Waals surface area (Å²) in [7, 11) is 1.17. The Morgan fingerprint density at radius 3 is 2.81 bits per heavy atom. The third-order valence-corrected chi connectivity index (χ3v) is 2.85. The van der Waals surface area contributed by atoms with Gasteiger partial charge < -0.3 is 4.74 Å². The lowest BCUT2D eigenvalue weighted by Gasteiger charge is -2.11. The molecule has 16 heavy (non-hydrogen) atoms. The van der Waals surface area contributed by atoms with E-state index in [1.807, 2.05) is 0 Å². The molecule has 1 rings (SSSR count). The van der Waals surface area contributed by atoms with Crippen LogP contribution in [0.1, 0.15) is 17.6 Å². The number of carbonyl (C=O) groups is 1. The van der Waals surface area contributed by atoms with E-state index in [-0.39, 0.29) is 27.2 Å². The van der Waals surface area contributed by atoms with Gasteiger partial charge in [0.25, 0.3) is 6.43 Å². The number of methoxy groups -OCH3 is 1. The van der Waals surface area contributed by atoms with E-state index in [0.717, 1.165) is 0 Å². The van der Waals surface area contributed by atoms with Crippen molar-refractivity contribution in [2.45, 2.75) is 12.8 Å². The Morgan fingerprint density at radius 1 is 1.69 bits per heavy atom. The van der Waals surface area contributed by atoms with Crippen molar-refractivity contribution in [3.05, 3.63) is 26.9 Å². The fourth-order valence-corrected chi connectivity index (χ4v) is 1.87. The molecule has 0 fully saturated rings. The molecule has 0 aliphatic heterocycles. The molecule has 1 heterocycles. The lowest BCUT2D eigenvalue weighted by Crippen LogP contribution is -2.09. The third kappa shape index (κ3) is 2.89. The van der Waals surface area contributed by atoms with Crippen molar-refractivity contribution in [2.75, 3.05) is 7.11 Å². The van der Waals surface area contributed by atoms with Gasteiger partial charge >= 0.3 is 5.97 Å². The molecule has 0 radical (unpaired) electrons. The largest absolute Gasteiger partial charge is 0.469 e. The summed E-state index contributed by atoms with van der Waals surface area (Å²) in [4.78, 5) is 14.7. The van der Waals surface area contributed by atoms with Crippen LogP contribution in [-0.2, 0) is 16.0 Å². The fraction of sp³-hybridized carbons (Fsp3) is 0.333. The molecule has 1 aromatic heterocycles. The number of rotatable bonds is 3. The van der Waals surface area contributed by atoms with Gasteiger partial charge in [0.2, 0.25) is 0 Å². The summed E-state index contributed by atoms with van der Waals surface area (Å²) in [5.74, 6) is -0.649. The Bertz CT molecular complexity index is 415. The lowest BCUT2D eigenvalue weighted by atomic mass is 10.1. The number of ether oxygens (including phenoxy) is 1. The van der Waals surface area contributed by atoms with Gasteiger partial charge in [0.1, 0.15) is 5.15 Å². The summed E-state index contributed by atoms with van der Waals surface area (Å²) in [6.45, 7) is 0. The molecule has 0 unspecified atom stereocenters. The number of alkyl halides is 2. The number of hydrogen-bond donors (Lipinski definition) is 0. The maximum atomic E-state index is 12.8. The standard InChI is InChI=1S/C9H7BrClF2NO2/c1-16-6(15)2-4-7(9(12)13)5(10)3-14-8(4)11/h3,9H,2H2,1H3. The smallest absolute Gasteiger partial charge is 0.310 e. The normalized spacial score (nSPS) is 10.6. The minimum absolute atomic E-state index is 0.0158. The number of hydrogen-bond acceptors (Lipinski definition) is 3. The Balaban J connectivity index is 3.23. The highest BCUT2D eigenvalue weighted by Gasteiger charge is 2.22. The van der Waals surface area contributed by atoms with Gasteiger partial charge in [-0.25, -0.2) is 13.8 Å². The molecule has 0 N–H and O–H groups in total. The summed E-state index contributed by atoms with van der Waals surface area (Å²) in [5.41, 5.74) is -0.344. The topological polar surface area (TPSA) is 39.2 Å². The molecule has 0 bridgehead atoms. The molecule has 88 valence electrons. The van der Waals surface area contributed by atoms with Crippen molar-refractivity contribution in [2.24, 2.45) is 0 Å². The van der Waals surface area contributed by atoms with Crippen molar-refractivity contribution in [3.8, 4) is 0 Å². The fourth-order valence-electron chi connectivity index (χ4n) is 1.14. The number of nitrogens with zero attached hydrogens (tertiary/aromatic N) is 1. The summed E-state index contributed by atoms with van der Waals surface area (Å²) in [6, 6.07) is 0. The number of pyridine rings is 1. The molecule has 0 saturated heterocycles. The molecule has 3 nitrogen and oxygen atoms in total. The van der Waals surface area contributed by atoms with E-state index in [4.69, 9.17) is 11.6 Å². The number of aromatic nitrogens is 1. The number of esters is 1. The maximum Gasteiger partial charge on any atom is 0.310 e. The monoisotopic (exact) mass is 313 g/mol. The summed E-state index contributed by atoms with van der Waals surface area (Å²) >= 11 is 8.61. The van der Waals surface area contributed by atoms with Crippen LogP contribution < -0.4 is 0 Å².